The Morgan fingerprint density at radius 2 is 2.33 bits per heavy atom. The smallest absolute Gasteiger partial charge is 0.183 e. The van der Waals surface area contributed by atoms with Gasteiger partial charge in [-0.05, 0) is 18.9 Å². The zero-order valence-electron chi connectivity index (χ0n) is 9.58. The summed E-state index contributed by atoms with van der Waals surface area (Å²) in [6.45, 7) is 1.45. The second-order valence-electron chi connectivity index (χ2n) is 4.27. The van der Waals surface area contributed by atoms with E-state index in [1.807, 2.05) is 0 Å². The van der Waals surface area contributed by atoms with E-state index in [1.54, 1.807) is 0 Å². The number of anilines is 1. The first-order chi connectivity index (χ1) is 8.72. The van der Waals surface area contributed by atoms with Crippen molar-refractivity contribution in [3.8, 4) is 0 Å². The van der Waals surface area contributed by atoms with Crippen LogP contribution >= 0.6 is 11.3 Å². The minimum Gasteiger partial charge on any atom is -0.376 e. The van der Waals surface area contributed by atoms with E-state index in [0.717, 1.165) is 25.5 Å². The van der Waals surface area contributed by atoms with E-state index >= 15 is 0 Å². The van der Waals surface area contributed by atoms with Crippen LogP contribution in [0.25, 0.3) is 10.2 Å². The van der Waals surface area contributed by atoms with Gasteiger partial charge in [0.15, 0.2) is 10.9 Å². The quantitative estimate of drug-likeness (QED) is 0.930. The molecule has 0 saturated carbocycles. The number of hydrogen-bond donors (Lipinski definition) is 1. The van der Waals surface area contributed by atoms with Gasteiger partial charge in [0.25, 0.3) is 0 Å². The van der Waals surface area contributed by atoms with Crippen molar-refractivity contribution in [1.29, 1.82) is 0 Å². The van der Waals surface area contributed by atoms with Crippen LogP contribution in [-0.4, -0.2) is 24.2 Å². The number of hydrogen-bond acceptors (Lipinski definition) is 4. The predicted octanol–water partition coefficient (Wildman–Crippen LogP) is 3.17. The third-order valence-electron chi connectivity index (χ3n) is 2.92. The molecule has 0 radical (unpaired) electrons. The van der Waals surface area contributed by atoms with Crippen LogP contribution < -0.4 is 5.32 Å². The monoisotopic (exact) mass is 270 g/mol. The molecule has 1 aliphatic rings. The summed E-state index contributed by atoms with van der Waals surface area (Å²) in [5.41, 5.74) is 0.219. The number of benzene rings is 1. The normalized spacial score (nSPS) is 19.6. The Balaban J connectivity index is 1.78. The number of rotatable bonds is 3. The van der Waals surface area contributed by atoms with Gasteiger partial charge in [-0.2, -0.15) is 0 Å². The highest BCUT2D eigenvalue weighted by Crippen LogP contribution is 2.28. The van der Waals surface area contributed by atoms with Crippen LogP contribution in [0.3, 0.4) is 0 Å². The summed E-state index contributed by atoms with van der Waals surface area (Å²) in [7, 11) is 0. The van der Waals surface area contributed by atoms with E-state index in [2.05, 4.69) is 10.3 Å². The average Bonchev–Trinajstić information content (AvgIpc) is 2.93. The molecule has 1 saturated heterocycles. The fourth-order valence-electron chi connectivity index (χ4n) is 2.04. The first-order valence-corrected chi connectivity index (χ1v) is 6.65. The minimum absolute atomic E-state index is 0.193. The Bertz CT molecular complexity index is 566. The number of nitrogens with one attached hydrogen (secondary N) is 1. The number of aromatic nitrogens is 1. The molecule has 1 atom stereocenters. The first kappa shape index (κ1) is 11.8. The van der Waals surface area contributed by atoms with Gasteiger partial charge in [0.05, 0.1) is 10.8 Å². The summed E-state index contributed by atoms with van der Waals surface area (Å²) < 4.78 is 32.5. The topological polar surface area (TPSA) is 34.2 Å². The molecule has 96 valence electrons. The van der Waals surface area contributed by atoms with E-state index in [0.29, 0.717) is 16.4 Å². The summed E-state index contributed by atoms with van der Waals surface area (Å²) in [5, 5.41) is 3.72. The van der Waals surface area contributed by atoms with E-state index in [-0.39, 0.29) is 11.6 Å². The molecule has 2 aromatic rings. The molecule has 1 aromatic heterocycles. The standard InChI is InChI=1S/C12H12F2N2OS/c13-7-4-9(14)11-10(5-7)18-12(16-11)15-6-8-2-1-3-17-8/h4-5,8H,1-3,6H2,(H,15,16)/t8-/m1/s1. The predicted molar refractivity (Wildman–Crippen MR) is 67.0 cm³/mol. The summed E-state index contributed by atoms with van der Waals surface area (Å²) in [5.74, 6) is -1.19. The van der Waals surface area contributed by atoms with Crippen LogP contribution in [0.15, 0.2) is 12.1 Å². The van der Waals surface area contributed by atoms with Gasteiger partial charge in [-0.1, -0.05) is 11.3 Å². The molecule has 1 fully saturated rings. The molecule has 1 aliphatic heterocycles. The van der Waals surface area contributed by atoms with Crippen molar-refractivity contribution in [2.24, 2.45) is 0 Å². The number of fused-ring (bicyclic) bond motifs is 1. The number of ether oxygens (including phenoxy) is 1. The third-order valence-corrected chi connectivity index (χ3v) is 3.88. The van der Waals surface area contributed by atoms with Gasteiger partial charge in [0.2, 0.25) is 0 Å². The fraction of sp³-hybridized carbons (Fsp3) is 0.417. The molecule has 0 bridgehead atoms. The zero-order chi connectivity index (χ0) is 12.5. The average molecular weight is 270 g/mol. The van der Waals surface area contributed by atoms with E-state index in [4.69, 9.17) is 4.74 Å². The van der Waals surface area contributed by atoms with Crippen LogP contribution in [0, 0.1) is 11.6 Å². The number of nitrogens with zero attached hydrogens (tertiary/aromatic N) is 1. The lowest BCUT2D eigenvalue weighted by Crippen LogP contribution is -2.18. The van der Waals surface area contributed by atoms with Gasteiger partial charge in [-0.25, -0.2) is 13.8 Å². The molecule has 0 unspecified atom stereocenters. The molecule has 0 spiro atoms. The number of thiazole rings is 1. The lowest BCUT2D eigenvalue weighted by Gasteiger charge is -2.08. The molecule has 1 aromatic carbocycles. The van der Waals surface area contributed by atoms with Gasteiger partial charge in [0.1, 0.15) is 11.3 Å². The fourth-order valence-corrected chi connectivity index (χ4v) is 2.95. The van der Waals surface area contributed by atoms with Gasteiger partial charge in [-0.15, -0.1) is 0 Å². The third kappa shape index (κ3) is 2.30. The summed E-state index contributed by atoms with van der Waals surface area (Å²) >= 11 is 1.25. The van der Waals surface area contributed by atoms with Crippen molar-refractivity contribution < 1.29 is 13.5 Å². The molecular formula is C12H12F2N2OS. The Morgan fingerprint density at radius 3 is 3.11 bits per heavy atom. The number of halogens is 2. The molecule has 2 heterocycles. The van der Waals surface area contributed by atoms with Crippen LogP contribution in [-0.2, 0) is 4.74 Å². The minimum atomic E-state index is -0.619. The molecule has 3 nitrogen and oxygen atoms in total. The van der Waals surface area contributed by atoms with Crippen molar-refractivity contribution >= 4 is 26.7 Å². The SMILES string of the molecule is Fc1cc(F)c2nc(NC[C@H]3CCCO3)sc2c1. The van der Waals surface area contributed by atoms with Gasteiger partial charge in [0, 0.05) is 19.2 Å². The molecule has 18 heavy (non-hydrogen) atoms. The summed E-state index contributed by atoms with van der Waals surface area (Å²) in [6.07, 6.45) is 2.30. The molecule has 0 amide bonds. The molecule has 3 rings (SSSR count). The van der Waals surface area contributed by atoms with Crippen LogP contribution in [0.1, 0.15) is 12.8 Å². The van der Waals surface area contributed by atoms with Crippen molar-refractivity contribution in [2.45, 2.75) is 18.9 Å². The first-order valence-electron chi connectivity index (χ1n) is 5.83. The highest BCUT2D eigenvalue weighted by molar-refractivity contribution is 7.22. The van der Waals surface area contributed by atoms with Gasteiger partial charge < -0.3 is 10.1 Å². The lowest BCUT2D eigenvalue weighted by atomic mass is 10.2. The van der Waals surface area contributed by atoms with Crippen molar-refractivity contribution in [3.63, 3.8) is 0 Å². The van der Waals surface area contributed by atoms with E-state index in [9.17, 15) is 8.78 Å². The van der Waals surface area contributed by atoms with Crippen molar-refractivity contribution in [1.82, 2.24) is 4.98 Å². The van der Waals surface area contributed by atoms with Crippen molar-refractivity contribution in [2.75, 3.05) is 18.5 Å². The van der Waals surface area contributed by atoms with E-state index in [1.165, 1.54) is 17.4 Å². The van der Waals surface area contributed by atoms with Gasteiger partial charge >= 0.3 is 0 Å². The molecule has 0 aliphatic carbocycles. The molecule has 1 N–H and O–H groups in total. The lowest BCUT2D eigenvalue weighted by molar-refractivity contribution is 0.120. The summed E-state index contributed by atoms with van der Waals surface area (Å²) in [6, 6.07) is 2.15. The molecular weight excluding hydrogens is 258 g/mol. The maximum absolute atomic E-state index is 13.5. The second kappa shape index (κ2) is 4.78. The highest BCUT2D eigenvalue weighted by atomic mass is 32.1. The summed E-state index contributed by atoms with van der Waals surface area (Å²) in [4.78, 5) is 4.12. The molecule has 6 heteroatoms. The Kier molecular flexibility index (Phi) is 3.13. The van der Waals surface area contributed by atoms with E-state index < -0.39 is 11.6 Å². The maximum Gasteiger partial charge on any atom is 0.183 e. The largest absolute Gasteiger partial charge is 0.376 e. The Hall–Kier alpha value is -1.27. The second-order valence-corrected chi connectivity index (χ2v) is 5.30. The van der Waals surface area contributed by atoms with Crippen LogP contribution in [0.2, 0.25) is 0 Å². The Labute approximate surface area is 107 Å². The zero-order valence-corrected chi connectivity index (χ0v) is 10.4. The highest BCUT2D eigenvalue weighted by Gasteiger charge is 2.16. The maximum atomic E-state index is 13.5. The van der Waals surface area contributed by atoms with Crippen LogP contribution in [0.4, 0.5) is 13.9 Å². The van der Waals surface area contributed by atoms with Crippen molar-refractivity contribution in [3.05, 3.63) is 23.8 Å². The van der Waals surface area contributed by atoms with Crippen LogP contribution in [0.5, 0.6) is 0 Å². The Morgan fingerprint density at radius 1 is 1.44 bits per heavy atom. The van der Waals surface area contributed by atoms with Gasteiger partial charge in [-0.3, -0.25) is 0 Å².